The maximum absolute atomic E-state index is 11.0. The Morgan fingerprint density at radius 3 is 2.46 bits per heavy atom. The van der Waals surface area contributed by atoms with Crippen molar-refractivity contribution in [3.8, 4) is 0 Å². The normalized spacial score (nSPS) is 14.8. The molecule has 24 heavy (non-hydrogen) atoms. The summed E-state index contributed by atoms with van der Waals surface area (Å²) in [5.74, 6) is 0.880. The second kappa shape index (κ2) is 11.3. The van der Waals surface area contributed by atoms with Gasteiger partial charge in [-0.1, -0.05) is 25.0 Å². The number of carbonyl (C=O) groups excluding carboxylic acids is 1. The van der Waals surface area contributed by atoms with Crippen LogP contribution in [0.4, 0.5) is 5.69 Å². The lowest BCUT2D eigenvalue weighted by Crippen LogP contribution is -2.42. The predicted molar refractivity (Wildman–Crippen MR) is 111 cm³/mol. The Balaban J connectivity index is 0.00000288. The maximum Gasteiger partial charge on any atom is 0.221 e. The summed E-state index contributed by atoms with van der Waals surface area (Å²) < 4.78 is 0. The highest BCUT2D eigenvalue weighted by molar-refractivity contribution is 14.0. The maximum atomic E-state index is 11.0. The van der Waals surface area contributed by atoms with E-state index < -0.39 is 0 Å². The summed E-state index contributed by atoms with van der Waals surface area (Å²) in [5, 5.41) is 9.62. The van der Waals surface area contributed by atoms with Crippen molar-refractivity contribution < 1.29 is 4.79 Å². The highest BCUT2D eigenvalue weighted by atomic mass is 127. The van der Waals surface area contributed by atoms with Crippen molar-refractivity contribution in [3.63, 3.8) is 0 Å². The summed E-state index contributed by atoms with van der Waals surface area (Å²) >= 11 is 0. The first-order valence-corrected chi connectivity index (χ1v) is 8.58. The van der Waals surface area contributed by atoms with Crippen LogP contribution in [-0.2, 0) is 11.2 Å². The van der Waals surface area contributed by atoms with E-state index in [1.165, 1.54) is 38.2 Å². The Morgan fingerprint density at radius 2 is 1.88 bits per heavy atom. The number of hydrogen-bond donors (Lipinski definition) is 3. The van der Waals surface area contributed by atoms with Gasteiger partial charge in [-0.3, -0.25) is 9.79 Å². The number of nitrogens with one attached hydrogen (secondary N) is 3. The van der Waals surface area contributed by atoms with Gasteiger partial charge in [-0.05, 0) is 43.9 Å². The van der Waals surface area contributed by atoms with Gasteiger partial charge in [0.2, 0.25) is 5.91 Å². The van der Waals surface area contributed by atoms with E-state index in [2.05, 4.69) is 27.9 Å². The molecule has 5 nitrogen and oxygen atoms in total. The van der Waals surface area contributed by atoms with Crippen LogP contribution in [0.25, 0.3) is 0 Å². The zero-order valence-corrected chi connectivity index (χ0v) is 16.9. The van der Waals surface area contributed by atoms with E-state index in [0.29, 0.717) is 6.04 Å². The predicted octanol–water partition coefficient (Wildman–Crippen LogP) is 3.30. The third-order valence-corrected chi connectivity index (χ3v) is 3.98. The summed E-state index contributed by atoms with van der Waals surface area (Å²) in [5.41, 5.74) is 2.06. The monoisotopic (exact) mass is 444 g/mol. The molecule has 1 aromatic rings. The van der Waals surface area contributed by atoms with Gasteiger partial charge >= 0.3 is 0 Å². The molecular formula is C18H29IN4O. The minimum Gasteiger partial charge on any atom is -0.357 e. The van der Waals surface area contributed by atoms with Crippen LogP contribution in [0.3, 0.4) is 0 Å². The largest absolute Gasteiger partial charge is 0.357 e. The molecule has 1 amide bonds. The molecule has 0 atom stereocenters. The van der Waals surface area contributed by atoms with Crippen LogP contribution in [0.2, 0.25) is 0 Å². The van der Waals surface area contributed by atoms with Gasteiger partial charge in [-0.15, -0.1) is 24.0 Å². The number of anilines is 1. The number of amides is 1. The van der Waals surface area contributed by atoms with E-state index >= 15 is 0 Å². The van der Waals surface area contributed by atoms with Gasteiger partial charge in [0.15, 0.2) is 5.96 Å². The molecule has 0 bridgehead atoms. The lowest BCUT2D eigenvalue weighted by atomic mass is 10.1. The molecule has 1 aromatic carbocycles. The second-order valence-corrected chi connectivity index (χ2v) is 6.01. The first-order chi connectivity index (χ1) is 11.2. The number of hydrogen-bond acceptors (Lipinski definition) is 2. The lowest BCUT2D eigenvalue weighted by Gasteiger charge is -2.16. The Morgan fingerprint density at radius 1 is 1.21 bits per heavy atom. The summed E-state index contributed by atoms with van der Waals surface area (Å²) in [6.07, 6.45) is 6.01. The number of rotatable bonds is 6. The number of carbonyl (C=O) groups is 1. The van der Waals surface area contributed by atoms with Gasteiger partial charge in [-0.2, -0.15) is 0 Å². The van der Waals surface area contributed by atoms with Crippen LogP contribution in [0.15, 0.2) is 29.3 Å². The molecule has 1 saturated carbocycles. The van der Waals surface area contributed by atoms with Crippen LogP contribution >= 0.6 is 24.0 Å². The molecule has 0 spiro atoms. The molecule has 2 rings (SSSR count). The van der Waals surface area contributed by atoms with Crippen LogP contribution in [-0.4, -0.2) is 31.0 Å². The van der Waals surface area contributed by atoms with Gasteiger partial charge in [0.25, 0.3) is 0 Å². The summed E-state index contributed by atoms with van der Waals surface area (Å²) in [7, 11) is 0. The molecule has 0 saturated heterocycles. The molecule has 0 aliphatic heterocycles. The average molecular weight is 444 g/mol. The summed E-state index contributed by atoms with van der Waals surface area (Å²) in [6.45, 7) is 5.24. The Hall–Kier alpha value is -1.31. The molecule has 6 heteroatoms. The van der Waals surface area contributed by atoms with E-state index in [9.17, 15) is 4.79 Å². The molecular weight excluding hydrogens is 415 g/mol. The van der Waals surface area contributed by atoms with Crippen LogP contribution < -0.4 is 16.0 Å². The molecule has 1 aliphatic carbocycles. The summed E-state index contributed by atoms with van der Waals surface area (Å²) in [6, 6.07) is 8.52. The third kappa shape index (κ3) is 7.51. The number of guanidine groups is 1. The Bertz CT molecular complexity index is 524. The molecule has 0 aromatic heterocycles. The van der Waals surface area contributed by atoms with E-state index in [0.717, 1.165) is 31.2 Å². The number of benzene rings is 1. The number of halogens is 1. The fourth-order valence-corrected chi connectivity index (χ4v) is 2.84. The van der Waals surface area contributed by atoms with E-state index in [1.807, 2.05) is 24.3 Å². The smallest absolute Gasteiger partial charge is 0.221 e. The Kier molecular flexibility index (Phi) is 9.75. The molecule has 0 unspecified atom stereocenters. The van der Waals surface area contributed by atoms with Crippen molar-refractivity contribution in [1.29, 1.82) is 0 Å². The molecule has 1 fully saturated rings. The van der Waals surface area contributed by atoms with Crippen molar-refractivity contribution >= 4 is 41.5 Å². The minimum absolute atomic E-state index is 0. The topological polar surface area (TPSA) is 65.5 Å². The van der Waals surface area contributed by atoms with Crippen LogP contribution in [0, 0.1) is 0 Å². The van der Waals surface area contributed by atoms with Crippen molar-refractivity contribution in [3.05, 3.63) is 29.8 Å². The molecule has 134 valence electrons. The van der Waals surface area contributed by atoms with E-state index in [-0.39, 0.29) is 29.9 Å². The highest BCUT2D eigenvalue weighted by Crippen LogP contribution is 2.17. The minimum atomic E-state index is -0.0457. The highest BCUT2D eigenvalue weighted by Gasteiger charge is 2.15. The number of aliphatic imine (C=N–C) groups is 1. The summed E-state index contributed by atoms with van der Waals surface area (Å²) in [4.78, 5) is 15.7. The van der Waals surface area contributed by atoms with Gasteiger partial charge in [0, 0.05) is 31.7 Å². The Labute approximate surface area is 162 Å². The fraction of sp³-hybridized carbons (Fsp3) is 0.556. The zero-order valence-electron chi connectivity index (χ0n) is 14.6. The first-order valence-electron chi connectivity index (χ1n) is 8.58. The van der Waals surface area contributed by atoms with Crippen molar-refractivity contribution in [2.45, 2.75) is 52.0 Å². The average Bonchev–Trinajstić information content (AvgIpc) is 3.01. The van der Waals surface area contributed by atoms with E-state index in [1.54, 1.807) is 0 Å². The molecule has 1 aliphatic rings. The third-order valence-electron chi connectivity index (χ3n) is 3.98. The quantitative estimate of drug-likeness (QED) is 0.359. The second-order valence-electron chi connectivity index (χ2n) is 6.01. The van der Waals surface area contributed by atoms with Gasteiger partial charge in [0.05, 0.1) is 0 Å². The molecule has 0 heterocycles. The zero-order chi connectivity index (χ0) is 16.5. The van der Waals surface area contributed by atoms with Crippen LogP contribution in [0.1, 0.15) is 45.1 Å². The molecule has 0 radical (unpaired) electrons. The standard InChI is InChI=1S/C18H28N4O.HI/c1-3-19-18(22-16-6-4-5-7-16)20-13-12-15-8-10-17(11-9-15)21-14(2)23;/h8-11,16H,3-7,12-13H2,1-2H3,(H,21,23)(H2,19,20,22);1H. The van der Waals surface area contributed by atoms with E-state index in [4.69, 9.17) is 0 Å². The molecule has 3 N–H and O–H groups in total. The van der Waals surface area contributed by atoms with Crippen molar-refractivity contribution in [2.75, 3.05) is 18.4 Å². The van der Waals surface area contributed by atoms with Gasteiger partial charge in [0.1, 0.15) is 0 Å². The fourth-order valence-electron chi connectivity index (χ4n) is 2.84. The van der Waals surface area contributed by atoms with Crippen molar-refractivity contribution in [1.82, 2.24) is 10.6 Å². The number of nitrogens with zero attached hydrogens (tertiary/aromatic N) is 1. The lowest BCUT2D eigenvalue weighted by molar-refractivity contribution is -0.114. The van der Waals surface area contributed by atoms with Gasteiger partial charge in [-0.25, -0.2) is 0 Å². The first kappa shape index (κ1) is 20.7. The van der Waals surface area contributed by atoms with Gasteiger partial charge < -0.3 is 16.0 Å². The van der Waals surface area contributed by atoms with Crippen LogP contribution in [0.5, 0.6) is 0 Å². The SMILES string of the molecule is CCNC(=NCCc1ccc(NC(C)=O)cc1)NC1CCCC1.I. The van der Waals surface area contributed by atoms with Crippen molar-refractivity contribution in [2.24, 2.45) is 4.99 Å².